The van der Waals surface area contributed by atoms with E-state index < -0.39 is 0 Å². The molecule has 1 aliphatic heterocycles. The van der Waals surface area contributed by atoms with Crippen molar-refractivity contribution in [2.45, 2.75) is 46.3 Å². The molecule has 1 unspecified atom stereocenters. The number of hydrogen-bond donors (Lipinski definition) is 1. The average Bonchev–Trinajstić information content (AvgIpc) is 2.37. The molecule has 2 rings (SSSR count). The molecule has 1 fully saturated rings. The summed E-state index contributed by atoms with van der Waals surface area (Å²) < 4.78 is 0. The Labute approximate surface area is 120 Å². The van der Waals surface area contributed by atoms with Gasteiger partial charge in [-0.2, -0.15) is 11.8 Å². The fraction of sp³-hybridized carbons (Fsp3) is 0.714. The van der Waals surface area contributed by atoms with Crippen molar-refractivity contribution in [3.05, 3.63) is 17.5 Å². The molecule has 0 bridgehead atoms. The highest BCUT2D eigenvalue weighted by Crippen LogP contribution is 2.21. The molecule has 2 heterocycles. The zero-order valence-electron chi connectivity index (χ0n) is 12.3. The van der Waals surface area contributed by atoms with Gasteiger partial charge >= 0.3 is 0 Å². The van der Waals surface area contributed by atoms with Crippen LogP contribution in [-0.4, -0.2) is 40.1 Å². The van der Waals surface area contributed by atoms with Gasteiger partial charge in [-0.1, -0.05) is 13.8 Å². The van der Waals surface area contributed by atoms with Gasteiger partial charge in [-0.05, 0) is 13.8 Å². The Morgan fingerprint density at radius 2 is 2.32 bits per heavy atom. The Hall–Kier alpha value is -0.810. The smallest absolute Gasteiger partial charge is 0.225 e. The molecule has 0 radical (unpaired) electrons. The number of nitrogens with one attached hydrogen (secondary N) is 1. The number of aromatic nitrogens is 2. The fourth-order valence-corrected chi connectivity index (χ4v) is 3.14. The first-order chi connectivity index (χ1) is 9.08. The average molecular weight is 280 g/mol. The van der Waals surface area contributed by atoms with Crippen molar-refractivity contribution in [1.29, 1.82) is 0 Å². The zero-order valence-corrected chi connectivity index (χ0v) is 13.1. The Morgan fingerprint density at radius 1 is 1.53 bits per heavy atom. The molecule has 1 atom stereocenters. The zero-order chi connectivity index (χ0) is 13.8. The molecule has 0 aromatic carbocycles. The van der Waals surface area contributed by atoms with E-state index in [1.807, 2.05) is 18.0 Å². The van der Waals surface area contributed by atoms with Crippen molar-refractivity contribution >= 4 is 17.7 Å². The summed E-state index contributed by atoms with van der Waals surface area (Å²) in [4.78, 5) is 11.6. The summed E-state index contributed by atoms with van der Waals surface area (Å²) in [5, 5.41) is 3.41. The third kappa shape index (κ3) is 3.83. The van der Waals surface area contributed by atoms with E-state index in [0.29, 0.717) is 12.1 Å². The minimum Gasteiger partial charge on any atom is -0.336 e. The summed E-state index contributed by atoms with van der Waals surface area (Å²) in [6, 6.07) is 1.01. The summed E-state index contributed by atoms with van der Waals surface area (Å²) >= 11 is 2.01. The van der Waals surface area contributed by atoms with Crippen LogP contribution in [-0.2, 0) is 6.54 Å². The normalized spacial score (nSPS) is 20.1. The maximum atomic E-state index is 4.69. The summed E-state index contributed by atoms with van der Waals surface area (Å²) in [7, 11) is 0. The van der Waals surface area contributed by atoms with Gasteiger partial charge in [-0.15, -0.1) is 0 Å². The molecule has 0 aliphatic carbocycles. The van der Waals surface area contributed by atoms with Gasteiger partial charge in [0.25, 0.3) is 0 Å². The Balaban J connectivity index is 2.09. The van der Waals surface area contributed by atoms with Gasteiger partial charge < -0.3 is 10.2 Å². The van der Waals surface area contributed by atoms with Gasteiger partial charge in [0, 0.05) is 54.1 Å². The lowest BCUT2D eigenvalue weighted by Crippen LogP contribution is -2.41. The van der Waals surface area contributed by atoms with E-state index in [9.17, 15) is 0 Å². The summed E-state index contributed by atoms with van der Waals surface area (Å²) in [6.45, 7) is 10.5. The molecule has 19 heavy (non-hydrogen) atoms. The largest absolute Gasteiger partial charge is 0.336 e. The molecule has 4 nitrogen and oxygen atoms in total. The van der Waals surface area contributed by atoms with Crippen molar-refractivity contribution < 1.29 is 0 Å². The van der Waals surface area contributed by atoms with Crippen molar-refractivity contribution in [2.75, 3.05) is 23.0 Å². The van der Waals surface area contributed by atoms with E-state index in [1.165, 1.54) is 17.1 Å². The van der Waals surface area contributed by atoms with Crippen LogP contribution in [0, 0.1) is 6.92 Å². The van der Waals surface area contributed by atoms with Gasteiger partial charge in [-0.25, -0.2) is 9.97 Å². The summed E-state index contributed by atoms with van der Waals surface area (Å²) in [5.74, 6) is 3.22. The molecule has 1 saturated heterocycles. The van der Waals surface area contributed by atoms with Gasteiger partial charge in [0.1, 0.15) is 0 Å². The number of aryl methyl sites for hydroxylation is 1. The van der Waals surface area contributed by atoms with Crippen LogP contribution in [0.15, 0.2) is 6.20 Å². The topological polar surface area (TPSA) is 41.1 Å². The lowest BCUT2D eigenvalue weighted by atomic mass is 10.2. The first-order valence-corrected chi connectivity index (χ1v) is 8.13. The van der Waals surface area contributed by atoms with Crippen LogP contribution in [0.25, 0.3) is 0 Å². The van der Waals surface area contributed by atoms with Gasteiger partial charge in [0.05, 0.1) is 0 Å². The van der Waals surface area contributed by atoms with Crippen LogP contribution >= 0.6 is 11.8 Å². The lowest BCUT2D eigenvalue weighted by molar-refractivity contribution is 0.584. The minimum atomic E-state index is 0.484. The van der Waals surface area contributed by atoms with Gasteiger partial charge in [-0.3, -0.25) is 0 Å². The predicted molar refractivity (Wildman–Crippen MR) is 82.9 cm³/mol. The minimum absolute atomic E-state index is 0.484. The van der Waals surface area contributed by atoms with E-state index in [0.717, 1.165) is 24.7 Å². The van der Waals surface area contributed by atoms with Crippen LogP contribution in [0.2, 0.25) is 0 Å². The maximum Gasteiger partial charge on any atom is 0.225 e. The van der Waals surface area contributed by atoms with E-state index >= 15 is 0 Å². The molecule has 106 valence electrons. The monoisotopic (exact) mass is 280 g/mol. The first-order valence-electron chi connectivity index (χ1n) is 6.98. The Morgan fingerprint density at radius 3 is 2.95 bits per heavy atom. The first kappa shape index (κ1) is 14.6. The highest BCUT2D eigenvalue weighted by atomic mass is 32.2. The number of rotatable bonds is 4. The van der Waals surface area contributed by atoms with E-state index in [-0.39, 0.29) is 0 Å². The third-order valence-corrected chi connectivity index (χ3v) is 4.58. The van der Waals surface area contributed by atoms with Crippen molar-refractivity contribution in [3.8, 4) is 0 Å². The van der Waals surface area contributed by atoms with E-state index in [4.69, 9.17) is 4.98 Å². The van der Waals surface area contributed by atoms with Crippen molar-refractivity contribution in [2.24, 2.45) is 0 Å². The molecular formula is C14H24N4S. The highest BCUT2D eigenvalue weighted by molar-refractivity contribution is 7.99. The highest BCUT2D eigenvalue weighted by Gasteiger charge is 2.21. The molecule has 1 aromatic heterocycles. The molecular weight excluding hydrogens is 256 g/mol. The Kier molecular flexibility index (Phi) is 5.05. The van der Waals surface area contributed by atoms with Crippen LogP contribution in [0.4, 0.5) is 5.95 Å². The number of nitrogens with zero attached hydrogens (tertiary/aromatic N) is 3. The molecule has 0 amide bonds. The molecule has 1 aromatic rings. The summed E-state index contributed by atoms with van der Waals surface area (Å²) in [6.07, 6.45) is 1.97. The van der Waals surface area contributed by atoms with Crippen LogP contribution < -0.4 is 10.2 Å². The predicted octanol–water partition coefficient (Wildman–Crippen LogP) is 2.22. The van der Waals surface area contributed by atoms with Crippen molar-refractivity contribution in [1.82, 2.24) is 15.3 Å². The number of thioether (sulfide) groups is 1. The van der Waals surface area contributed by atoms with Crippen LogP contribution in [0.5, 0.6) is 0 Å². The molecule has 0 spiro atoms. The molecule has 1 N–H and O–H groups in total. The number of hydrogen-bond acceptors (Lipinski definition) is 5. The Bertz CT molecular complexity index is 422. The fourth-order valence-electron chi connectivity index (χ4n) is 2.13. The SMILES string of the molecule is Cc1nc(N2CCSCC2C)ncc1CNC(C)C. The third-order valence-electron chi connectivity index (χ3n) is 3.39. The maximum absolute atomic E-state index is 4.69. The van der Waals surface area contributed by atoms with Crippen LogP contribution in [0.3, 0.4) is 0 Å². The second kappa shape index (κ2) is 6.57. The van der Waals surface area contributed by atoms with E-state index in [2.05, 4.69) is 42.9 Å². The molecule has 1 aliphatic rings. The van der Waals surface area contributed by atoms with E-state index in [1.54, 1.807) is 0 Å². The summed E-state index contributed by atoms with van der Waals surface area (Å²) in [5.41, 5.74) is 2.28. The van der Waals surface area contributed by atoms with Gasteiger partial charge in [0.15, 0.2) is 0 Å². The second-order valence-corrected chi connectivity index (χ2v) is 6.58. The number of anilines is 1. The van der Waals surface area contributed by atoms with Crippen molar-refractivity contribution in [3.63, 3.8) is 0 Å². The van der Waals surface area contributed by atoms with Gasteiger partial charge in [0.2, 0.25) is 5.95 Å². The van der Waals surface area contributed by atoms with Crippen LogP contribution in [0.1, 0.15) is 32.0 Å². The second-order valence-electron chi connectivity index (χ2n) is 5.43. The molecule has 0 saturated carbocycles. The molecule has 5 heteroatoms. The lowest BCUT2D eigenvalue weighted by Gasteiger charge is -2.33. The standard InChI is InChI=1S/C14H24N4S/c1-10(2)15-7-13-8-16-14(17-12(13)4)18-5-6-19-9-11(18)3/h8,10-11,15H,5-7,9H2,1-4H3. The quantitative estimate of drug-likeness (QED) is 0.916.